The molecular weight excluding hydrogens is 300 g/mol. The zero-order chi connectivity index (χ0) is 16.6. The van der Waals surface area contributed by atoms with Crippen LogP contribution in [0.2, 0.25) is 0 Å². The maximum Gasteiger partial charge on any atom is 0.161 e. The number of aromatic nitrogens is 1. The molecule has 1 aromatic carbocycles. The average molecular weight is 326 g/mol. The Bertz CT molecular complexity index is 618. The molecule has 0 N–H and O–H groups in total. The van der Waals surface area contributed by atoms with Gasteiger partial charge in [0.2, 0.25) is 0 Å². The van der Waals surface area contributed by atoms with Crippen molar-refractivity contribution >= 4 is 0 Å². The lowest BCUT2D eigenvalue weighted by atomic mass is 9.96. The molecule has 1 aliphatic heterocycles. The molecule has 3 rings (SSSR count). The molecule has 0 unspecified atom stereocenters. The molecule has 1 saturated heterocycles. The molecule has 4 nitrogen and oxygen atoms in total. The first kappa shape index (κ1) is 16.8. The van der Waals surface area contributed by atoms with Gasteiger partial charge >= 0.3 is 0 Å². The van der Waals surface area contributed by atoms with Crippen LogP contribution in [0.1, 0.15) is 37.3 Å². The number of hydrogen-bond donors (Lipinski definition) is 0. The van der Waals surface area contributed by atoms with Crippen molar-refractivity contribution in [3.63, 3.8) is 0 Å². The highest BCUT2D eigenvalue weighted by atomic mass is 16.5. The van der Waals surface area contributed by atoms with E-state index in [1.54, 1.807) is 7.11 Å². The lowest BCUT2D eigenvalue weighted by Gasteiger charge is -2.35. The molecule has 0 amide bonds. The van der Waals surface area contributed by atoms with Crippen molar-refractivity contribution in [3.05, 3.63) is 54.4 Å². The van der Waals surface area contributed by atoms with Gasteiger partial charge in [-0.05, 0) is 49.6 Å². The Morgan fingerprint density at radius 3 is 2.79 bits per heavy atom. The predicted octanol–water partition coefficient (Wildman–Crippen LogP) is 4.09. The molecule has 4 heteroatoms. The smallest absolute Gasteiger partial charge is 0.161 e. The second kappa shape index (κ2) is 8.69. The van der Waals surface area contributed by atoms with E-state index in [1.165, 1.54) is 24.8 Å². The van der Waals surface area contributed by atoms with E-state index in [4.69, 9.17) is 9.47 Å². The van der Waals surface area contributed by atoms with E-state index in [1.807, 2.05) is 42.7 Å². The van der Waals surface area contributed by atoms with Crippen LogP contribution in [0, 0.1) is 0 Å². The molecule has 1 atom stereocenters. The molecule has 1 aromatic heterocycles. The Labute approximate surface area is 144 Å². The normalized spacial score (nSPS) is 18.3. The fourth-order valence-electron chi connectivity index (χ4n) is 3.40. The molecule has 0 saturated carbocycles. The van der Waals surface area contributed by atoms with E-state index in [2.05, 4.69) is 16.0 Å². The summed E-state index contributed by atoms with van der Waals surface area (Å²) >= 11 is 0. The number of para-hydroxylation sites is 2. The Kier molecular flexibility index (Phi) is 6.07. The number of rotatable bonds is 7. The van der Waals surface area contributed by atoms with Gasteiger partial charge in [0.05, 0.1) is 13.7 Å². The standard InChI is InChI=1S/C20H26N2O2/c1-23-19-10-2-3-11-20(19)24-15-7-14-22-13-5-4-9-18(22)17-8-6-12-21-16-17/h2-3,6,8,10-12,16,18H,4-5,7,9,13-15H2,1H3/t18-/m1/s1. The van der Waals surface area contributed by atoms with Crippen LogP contribution in [0.3, 0.4) is 0 Å². The summed E-state index contributed by atoms with van der Waals surface area (Å²) in [4.78, 5) is 6.86. The van der Waals surface area contributed by atoms with E-state index in [-0.39, 0.29) is 0 Å². The van der Waals surface area contributed by atoms with Crippen molar-refractivity contribution in [2.45, 2.75) is 31.7 Å². The third kappa shape index (κ3) is 4.26. The minimum Gasteiger partial charge on any atom is -0.493 e. The van der Waals surface area contributed by atoms with Gasteiger partial charge in [0.25, 0.3) is 0 Å². The third-order valence-electron chi connectivity index (χ3n) is 4.60. The van der Waals surface area contributed by atoms with Gasteiger partial charge in [-0.25, -0.2) is 0 Å². The number of piperidine rings is 1. The topological polar surface area (TPSA) is 34.6 Å². The quantitative estimate of drug-likeness (QED) is 0.718. The Morgan fingerprint density at radius 1 is 1.12 bits per heavy atom. The van der Waals surface area contributed by atoms with Crippen LogP contribution in [0.4, 0.5) is 0 Å². The summed E-state index contributed by atoms with van der Waals surface area (Å²) in [6.45, 7) is 2.92. The number of ether oxygens (including phenoxy) is 2. The van der Waals surface area contributed by atoms with Crippen molar-refractivity contribution in [2.75, 3.05) is 26.8 Å². The van der Waals surface area contributed by atoms with Crippen molar-refractivity contribution < 1.29 is 9.47 Å². The van der Waals surface area contributed by atoms with Crippen LogP contribution in [0.25, 0.3) is 0 Å². The minimum absolute atomic E-state index is 0.499. The van der Waals surface area contributed by atoms with E-state index >= 15 is 0 Å². The van der Waals surface area contributed by atoms with E-state index in [9.17, 15) is 0 Å². The highest BCUT2D eigenvalue weighted by Gasteiger charge is 2.23. The van der Waals surface area contributed by atoms with Crippen LogP contribution in [-0.4, -0.2) is 36.7 Å². The Hall–Kier alpha value is -2.07. The molecule has 0 bridgehead atoms. The monoisotopic (exact) mass is 326 g/mol. The van der Waals surface area contributed by atoms with Crippen LogP contribution in [0.15, 0.2) is 48.8 Å². The molecule has 1 aliphatic rings. The summed E-state index contributed by atoms with van der Waals surface area (Å²) in [5.74, 6) is 1.62. The van der Waals surface area contributed by atoms with Crippen molar-refractivity contribution in [2.24, 2.45) is 0 Å². The maximum absolute atomic E-state index is 5.90. The minimum atomic E-state index is 0.499. The van der Waals surface area contributed by atoms with Gasteiger partial charge in [-0.2, -0.15) is 0 Å². The Balaban J connectivity index is 1.51. The summed E-state index contributed by atoms with van der Waals surface area (Å²) in [5.41, 5.74) is 1.34. The van der Waals surface area contributed by atoms with Gasteiger partial charge < -0.3 is 9.47 Å². The van der Waals surface area contributed by atoms with Gasteiger partial charge in [-0.1, -0.05) is 24.6 Å². The second-order valence-electron chi connectivity index (χ2n) is 6.19. The van der Waals surface area contributed by atoms with Gasteiger partial charge in [-0.15, -0.1) is 0 Å². The average Bonchev–Trinajstić information content (AvgIpc) is 2.66. The SMILES string of the molecule is COc1ccccc1OCCCN1CCCC[C@@H]1c1cccnc1. The molecular formula is C20H26N2O2. The van der Waals surface area contributed by atoms with Gasteiger partial charge in [-0.3, -0.25) is 9.88 Å². The first-order chi connectivity index (χ1) is 11.9. The fraction of sp³-hybridized carbons (Fsp3) is 0.450. The zero-order valence-corrected chi connectivity index (χ0v) is 14.4. The van der Waals surface area contributed by atoms with Gasteiger partial charge in [0.15, 0.2) is 11.5 Å². The van der Waals surface area contributed by atoms with E-state index in [0.717, 1.165) is 31.0 Å². The number of benzene rings is 1. The first-order valence-electron chi connectivity index (χ1n) is 8.78. The molecule has 128 valence electrons. The van der Waals surface area contributed by atoms with Crippen LogP contribution >= 0.6 is 0 Å². The van der Waals surface area contributed by atoms with Crippen LogP contribution < -0.4 is 9.47 Å². The van der Waals surface area contributed by atoms with Crippen molar-refractivity contribution in [3.8, 4) is 11.5 Å². The van der Waals surface area contributed by atoms with Gasteiger partial charge in [0.1, 0.15) is 0 Å². The number of nitrogens with zero attached hydrogens (tertiary/aromatic N) is 2. The number of pyridine rings is 1. The van der Waals surface area contributed by atoms with Crippen LogP contribution in [-0.2, 0) is 0 Å². The second-order valence-corrected chi connectivity index (χ2v) is 6.19. The highest BCUT2D eigenvalue weighted by molar-refractivity contribution is 5.39. The van der Waals surface area contributed by atoms with Crippen molar-refractivity contribution in [1.82, 2.24) is 9.88 Å². The molecule has 0 radical (unpaired) electrons. The highest BCUT2D eigenvalue weighted by Crippen LogP contribution is 2.30. The maximum atomic E-state index is 5.90. The number of likely N-dealkylation sites (tertiary alicyclic amines) is 1. The predicted molar refractivity (Wildman–Crippen MR) is 95.5 cm³/mol. The number of methoxy groups -OCH3 is 1. The third-order valence-corrected chi connectivity index (χ3v) is 4.60. The number of hydrogen-bond acceptors (Lipinski definition) is 4. The first-order valence-corrected chi connectivity index (χ1v) is 8.78. The molecule has 2 heterocycles. The molecule has 1 fully saturated rings. The molecule has 0 aliphatic carbocycles. The summed E-state index contributed by atoms with van der Waals surface area (Å²) < 4.78 is 11.2. The van der Waals surface area contributed by atoms with Gasteiger partial charge in [0, 0.05) is 25.0 Å². The van der Waals surface area contributed by atoms with E-state index in [0.29, 0.717) is 12.6 Å². The summed E-state index contributed by atoms with van der Waals surface area (Å²) in [6, 6.07) is 12.5. The van der Waals surface area contributed by atoms with Crippen LogP contribution in [0.5, 0.6) is 11.5 Å². The summed E-state index contributed by atoms with van der Waals surface area (Å²) in [6.07, 6.45) is 8.66. The molecule has 24 heavy (non-hydrogen) atoms. The summed E-state index contributed by atoms with van der Waals surface area (Å²) in [5, 5.41) is 0. The largest absolute Gasteiger partial charge is 0.493 e. The van der Waals surface area contributed by atoms with Crippen molar-refractivity contribution in [1.29, 1.82) is 0 Å². The van der Waals surface area contributed by atoms with E-state index < -0.39 is 0 Å². The summed E-state index contributed by atoms with van der Waals surface area (Å²) in [7, 11) is 1.68. The molecule has 2 aromatic rings. The molecule has 0 spiro atoms. The lowest BCUT2D eigenvalue weighted by Crippen LogP contribution is -2.34. The lowest BCUT2D eigenvalue weighted by molar-refractivity contribution is 0.137. The Morgan fingerprint density at radius 2 is 2.00 bits per heavy atom. The fourth-order valence-corrected chi connectivity index (χ4v) is 3.40. The zero-order valence-electron chi connectivity index (χ0n) is 14.4.